The molecule has 0 radical (unpaired) electrons. The standard InChI is InChI=1S/C15H17N3O4/c1-22-13-6-3-2-5-12(13)18-10-11(9-16)15(21)17-8-4-7-14(19)20/h2-3,5-6,10,18H,4,7-8H2,1H3,(H,17,21)(H,19,20)/b11-10-. The van der Waals surface area contributed by atoms with Gasteiger partial charge in [-0.2, -0.15) is 5.26 Å². The van der Waals surface area contributed by atoms with E-state index in [1.54, 1.807) is 30.3 Å². The molecule has 1 aromatic rings. The van der Waals surface area contributed by atoms with Gasteiger partial charge in [0, 0.05) is 19.2 Å². The molecule has 1 amide bonds. The molecular formula is C15H17N3O4. The number of para-hydroxylation sites is 2. The molecule has 7 nitrogen and oxygen atoms in total. The van der Waals surface area contributed by atoms with Gasteiger partial charge in [-0.3, -0.25) is 9.59 Å². The fraction of sp³-hybridized carbons (Fsp3) is 0.267. The molecule has 0 aliphatic carbocycles. The molecule has 0 saturated heterocycles. The second kappa shape index (κ2) is 9.02. The first kappa shape index (κ1) is 17.0. The highest BCUT2D eigenvalue weighted by molar-refractivity contribution is 5.97. The minimum absolute atomic E-state index is 0.0364. The Morgan fingerprint density at radius 3 is 2.77 bits per heavy atom. The average Bonchev–Trinajstić information content (AvgIpc) is 2.52. The molecule has 7 heteroatoms. The summed E-state index contributed by atoms with van der Waals surface area (Å²) < 4.78 is 5.14. The van der Waals surface area contributed by atoms with Crippen LogP contribution in [0.3, 0.4) is 0 Å². The Bertz CT molecular complexity index is 605. The summed E-state index contributed by atoms with van der Waals surface area (Å²) in [6.45, 7) is 0.193. The first-order valence-electron chi connectivity index (χ1n) is 6.58. The van der Waals surface area contributed by atoms with Crippen molar-refractivity contribution in [3.05, 3.63) is 36.0 Å². The first-order chi connectivity index (χ1) is 10.6. The fourth-order valence-electron chi connectivity index (χ4n) is 1.60. The van der Waals surface area contributed by atoms with Crippen molar-refractivity contribution in [3.63, 3.8) is 0 Å². The molecule has 0 unspecified atom stereocenters. The number of nitrogens with zero attached hydrogens (tertiary/aromatic N) is 1. The van der Waals surface area contributed by atoms with E-state index in [0.717, 1.165) is 0 Å². The van der Waals surface area contributed by atoms with E-state index >= 15 is 0 Å². The molecule has 0 atom stereocenters. The maximum atomic E-state index is 11.8. The number of nitrogens with one attached hydrogen (secondary N) is 2. The third kappa shape index (κ3) is 5.54. The zero-order valence-electron chi connectivity index (χ0n) is 12.1. The lowest BCUT2D eigenvalue weighted by Gasteiger charge is -2.08. The normalized spacial score (nSPS) is 10.5. The molecule has 0 fully saturated rings. The summed E-state index contributed by atoms with van der Waals surface area (Å²) in [5.41, 5.74) is 0.512. The molecule has 1 rings (SSSR count). The number of carbonyl (C=O) groups excluding carboxylic acids is 1. The Morgan fingerprint density at radius 1 is 1.41 bits per heavy atom. The molecule has 22 heavy (non-hydrogen) atoms. The number of anilines is 1. The number of methoxy groups -OCH3 is 1. The number of amides is 1. The predicted molar refractivity (Wildman–Crippen MR) is 80.2 cm³/mol. The van der Waals surface area contributed by atoms with Crippen LogP contribution in [0.1, 0.15) is 12.8 Å². The number of benzene rings is 1. The fourth-order valence-corrected chi connectivity index (χ4v) is 1.60. The number of ether oxygens (including phenoxy) is 1. The lowest BCUT2D eigenvalue weighted by molar-refractivity contribution is -0.137. The Kier molecular flexibility index (Phi) is 6.99. The minimum atomic E-state index is -0.928. The summed E-state index contributed by atoms with van der Waals surface area (Å²) >= 11 is 0. The number of hydrogen-bond donors (Lipinski definition) is 3. The third-order valence-electron chi connectivity index (χ3n) is 2.70. The van der Waals surface area contributed by atoms with Gasteiger partial charge in [-0.25, -0.2) is 0 Å². The number of aliphatic carboxylic acids is 1. The van der Waals surface area contributed by atoms with Gasteiger partial charge in [-0.05, 0) is 18.6 Å². The Hall–Kier alpha value is -3.01. The Balaban J connectivity index is 2.61. The van der Waals surface area contributed by atoms with Gasteiger partial charge in [0.1, 0.15) is 17.4 Å². The zero-order chi connectivity index (χ0) is 16.4. The topological polar surface area (TPSA) is 111 Å². The van der Waals surface area contributed by atoms with Crippen LogP contribution >= 0.6 is 0 Å². The van der Waals surface area contributed by atoms with Crippen molar-refractivity contribution in [3.8, 4) is 11.8 Å². The molecule has 3 N–H and O–H groups in total. The quantitative estimate of drug-likeness (QED) is 0.381. The van der Waals surface area contributed by atoms with Crippen LogP contribution in [0.5, 0.6) is 5.75 Å². The Labute approximate surface area is 128 Å². The molecule has 0 heterocycles. The van der Waals surface area contributed by atoms with Crippen molar-refractivity contribution >= 4 is 17.6 Å². The second-order valence-electron chi connectivity index (χ2n) is 4.27. The van der Waals surface area contributed by atoms with Gasteiger partial charge in [0.25, 0.3) is 5.91 Å². The smallest absolute Gasteiger partial charge is 0.303 e. The highest BCUT2D eigenvalue weighted by Gasteiger charge is 2.09. The molecule has 0 aromatic heterocycles. The predicted octanol–water partition coefficient (Wildman–Crippen LogP) is 1.50. The summed E-state index contributed by atoms with van der Waals surface area (Å²) in [4.78, 5) is 22.1. The van der Waals surface area contributed by atoms with Crippen LogP contribution in [0.25, 0.3) is 0 Å². The Morgan fingerprint density at radius 2 is 2.14 bits per heavy atom. The number of carboxylic acid groups (broad SMARTS) is 1. The van der Waals surface area contributed by atoms with E-state index < -0.39 is 11.9 Å². The number of carbonyl (C=O) groups is 2. The van der Waals surface area contributed by atoms with Crippen LogP contribution in [0, 0.1) is 11.3 Å². The summed E-state index contributed by atoms with van der Waals surface area (Å²) in [6.07, 6.45) is 1.55. The molecule has 116 valence electrons. The molecule has 0 aliphatic heterocycles. The number of hydrogen-bond acceptors (Lipinski definition) is 5. The molecule has 0 aliphatic rings. The lowest BCUT2D eigenvalue weighted by Crippen LogP contribution is -2.26. The van der Waals surface area contributed by atoms with Gasteiger partial charge in [-0.1, -0.05) is 12.1 Å². The van der Waals surface area contributed by atoms with Crippen molar-refractivity contribution in [2.24, 2.45) is 0 Å². The molecule has 1 aromatic carbocycles. The molecule has 0 spiro atoms. The highest BCUT2D eigenvalue weighted by Crippen LogP contribution is 2.23. The number of rotatable bonds is 8. The van der Waals surface area contributed by atoms with Gasteiger partial charge in [0.15, 0.2) is 0 Å². The monoisotopic (exact) mass is 303 g/mol. The maximum Gasteiger partial charge on any atom is 0.303 e. The first-order valence-corrected chi connectivity index (χ1v) is 6.58. The van der Waals surface area contributed by atoms with E-state index in [2.05, 4.69) is 10.6 Å². The zero-order valence-corrected chi connectivity index (χ0v) is 12.1. The maximum absolute atomic E-state index is 11.8. The van der Waals surface area contributed by atoms with Gasteiger partial charge in [0.2, 0.25) is 0 Å². The molecule has 0 saturated carbocycles. The van der Waals surface area contributed by atoms with Gasteiger partial charge in [-0.15, -0.1) is 0 Å². The SMILES string of the molecule is COc1ccccc1N/C=C(/C#N)C(=O)NCCCC(=O)O. The van der Waals surface area contributed by atoms with E-state index in [9.17, 15) is 9.59 Å². The minimum Gasteiger partial charge on any atom is -0.495 e. The highest BCUT2D eigenvalue weighted by atomic mass is 16.5. The van der Waals surface area contributed by atoms with E-state index in [1.165, 1.54) is 13.3 Å². The average molecular weight is 303 g/mol. The molecule has 0 bridgehead atoms. The van der Waals surface area contributed by atoms with Crippen molar-refractivity contribution in [2.75, 3.05) is 19.0 Å². The number of nitriles is 1. The van der Waals surface area contributed by atoms with E-state index in [0.29, 0.717) is 17.9 Å². The van der Waals surface area contributed by atoms with Crippen molar-refractivity contribution in [2.45, 2.75) is 12.8 Å². The van der Waals surface area contributed by atoms with Crippen LogP contribution in [0.4, 0.5) is 5.69 Å². The van der Waals surface area contributed by atoms with E-state index in [-0.39, 0.29) is 18.5 Å². The van der Waals surface area contributed by atoms with Crippen LogP contribution in [0.2, 0.25) is 0 Å². The number of carboxylic acids is 1. The van der Waals surface area contributed by atoms with Crippen LogP contribution in [-0.4, -0.2) is 30.6 Å². The van der Waals surface area contributed by atoms with E-state index in [4.69, 9.17) is 15.1 Å². The van der Waals surface area contributed by atoms with E-state index in [1.807, 2.05) is 0 Å². The van der Waals surface area contributed by atoms with Crippen LogP contribution in [-0.2, 0) is 9.59 Å². The second-order valence-corrected chi connectivity index (χ2v) is 4.27. The van der Waals surface area contributed by atoms with Gasteiger partial charge in [0.05, 0.1) is 12.8 Å². The van der Waals surface area contributed by atoms with Crippen LogP contribution < -0.4 is 15.4 Å². The molecular weight excluding hydrogens is 286 g/mol. The summed E-state index contributed by atoms with van der Waals surface area (Å²) in [6, 6.07) is 8.87. The van der Waals surface area contributed by atoms with Crippen LogP contribution in [0.15, 0.2) is 36.0 Å². The van der Waals surface area contributed by atoms with Crippen molar-refractivity contribution in [1.29, 1.82) is 5.26 Å². The summed E-state index contributed by atoms with van der Waals surface area (Å²) in [5, 5.41) is 22.8. The van der Waals surface area contributed by atoms with Crippen molar-refractivity contribution < 1.29 is 19.4 Å². The largest absolute Gasteiger partial charge is 0.495 e. The third-order valence-corrected chi connectivity index (χ3v) is 2.70. The lowest BCUT2D eigenvalue weighted by atomic mass is 10.2. The van der Waals surface area contributed by atoms with Crippen molar-refractivity contribution in [1.82, 2.24) is 5.32 Å². The van der Waals surface area contributed by atoms with Gasteiger partial charge < -0.3 is 20.5 Å². The summed E-state index contributed by atoms with van der Waals surface area (Å²) in [7, 11) is 1.52. The summed E-state index contributed by atoms with van der Waals surface area (Å²) in [5.74, 6) is -0.906. The van der Waals surface area contributed by atoms with Gasteiger partial charge >= 0.3 is 5.97 Å².